The zero-order valence-electron chi connectivity index (χ0n) is 12.4. The van der Waals surface area contributed by atoms with Gasteiger partial charge in [0.1, 0.15) is 5.75 Å². The second-order valence-corrected chi connectivity index (χ2v) is 5.97. The highest BCUT2D eigenvalue weighted by Gasteiger charge is 2.12. The van der Waals surface area contributed by atoms with Crippen molar-refractivity contribution in [1.82, 2.24) is 14.8 Å². The second-order valence-electron chi connectivity index (χ2n) is 4.73. The van der Waals surface area contributed by atoms with Crippen molar-refractivity contribution in [3.63, 3.8) is 0 Å². The molecule has 0 saturated carbocycles. The summed E-state index contributed by atoms with van der Waals surface area (Å²) in [7, 11) is 3.34. The summed E-state index contributed by atoms with van der Waals surface area (Å²) in [5.74, 6) is 0.569. The summed E-state index contributed by atoms with van der Waals surface area (Å²) in [5, 5.41) is 10.5. The van der Waals surface area contributed by atoms with Crippen molar-refractivity contribution in [2.24, 2.45) is 7.05 Å². The Morgan fingerprint density at radius 3 is 2.86 bits per heavy atom. The number of carbonyl (C=O) groups excluding carboxylic acids is 1. The molecule has 0 spiro atoms. The van der Waals surface area contributed by atoms with E-state index in [0.29, 0.717) is 17.1 Å². The lowest BCUT2D eigenvalue weighted by atomic mass is 10.2. The number of nitrogens with zero attached hydrogens (tertiary/aromatic N) is 3. The maximum Gasteiger partial charge on any atom is 0.323 e. The van der Waals surface area contributed by atoms with Gasteiger partial charge >= 0.3 is 6.03 Å². The van der Waals surface area contributed by atoms with E-state index in [1.807, 2.05) is 19.1 Å². The molecule has 0 aliphatic heterocycles. The zero-order chi connectivity index (χ0) is 15.7. The van der Waals surface area contributed by atoms with Crippen LogP contribution in [0.5, 0.6) is 5.75 Å². The highest BCUT2D eigenvalue weighted by molar-refractivity contribution is 7.18. The van der Waals surface area contributed by atoms with Gasteiger partial charge in [0.2, 0.25) is 0 Å². The normalized spacial score (nSPS) is 10.7. The van der Waals surface area contributed by atoms with Crippen LogP contribution in [-0.4, -0.2) is 27.9 Å². The fourth-order valence-electron chi connectivity index (χ4n) is 2.11. The van der Waals surface area contributed by atoms with Gasteiger partial charge in [-0.1, -0.05) is 0 Å². The van der Waals surface area contributed by atoms with Gasteiger partial charge in [0.25, 0.3) is 0 Å². The lowest BCUT2D eigenvalue weighted by Gasteiger charge is -2.10. The molecule has 0 saturated heterocycles. The second kappa shape index (κ2) is 5.64. The average Bonchev–Trinajstić information content (AvgIpc) is 3.02. The summed E-state index contributed by atoms with van der Waals surface area (Å²) in [4.78, 5) is 16.5. The van der Waals surface area contributed by atoms with Gasteiger partial charge in [0.15, 0.2) is 0 Å². The van der Waals surface area contributed by atoms with Crippen molar-refractivity contribution in [1.29, 1.82) is 0 Å². The van der Waals surface area contributed by atoms with Crippen LogP contribution in [0.1, 0.15) is 5.01 Å². The van der Waals surface area contributed by atoms with Crippen LogP contribution in [0.4, 0.5) is 16.2 Å². The van der Waals surface area contributed by atoms with Crippen LogP contribution >= 0.6 is 11.3 Å². The SMILES string of the molecule is COc1cc2nc(C)sc2cc1NC(=O)Nc1cnn(C)c1. The number of methoxy groups -OCH3 is 1. The monoisotopic (exact) mass is 317 g/mol. The van der Waals surface area contributed by atoms with Crippen molar-refractivity contribution in [3.8, 4) is 5.75 Å². The van der Waals surface area contributed by atoms with E-state index in [0.717, 1.165) is 15.2 Å². The Morgan fingerprint density at radius 2 is 2.18 bits per heavy atom. The van der Waals surface area contributed by atoms with Crippen LogP contribution in [-0.2, 0) is 7.05 Å². The Balaban J connectivity index is 1.83. The predicted molar refractivity (Wildman–Crippen MR) is 86.8 cm³/mol. The van der Waals surface area contributed by atoms with E-state index >= 15 is 0 Å². The molecule has 7 nitrogen and oxygen atoms in total. The Morgan fingerprint density at radius 1 is 1.36 bits per heavy atom. The molecular formula is C14H15N5O2S. The van der Waals surface area contributed by atoms with E-state index in [2.05, 4.69) is 20.7 Å². The number of rotatable bonds is 3. The fourth-order valence-corrected chi connectivity index (χ4v) is 2.96. The van der Waals surface area contributed by atoms with Crippen molar-refractivity contribution in [2.45, 2.75) is 6.92 Å². The molecule has 2 N–H and O–H groups in total. The molecular weight excluding hydrogens is 302 g/mol. The molecule has 0 aliphatic rings. The summed E-state index contributed by atoms with van der Waals surface area (Å²) < 4.78 is 7.93. The maximum atomic E-state index is 12.1. The number of urea groups is 1. The lowest BCUT2D eigenvalue weighted by Crippen LogP contribution is -2.19. The van der Waals surface area contributed by atoms with Gasteiger partial charge in [-0.15, -0.1) is 11.3 Å². The summed E-state index contributed by atoms with van der Waals surface area (Å²) in [6, 6.07) is 3.33. The molecule has 3 rings (SSSR count). The smallest absolute Gasteiger partial charge is 0.323 e. The molecule has 2 heterocycles. The van der Waals surface area contributed by atoms with Crippen molar-refractivity contribution < 1.29 is 9.53 Å². The number of thiazole rings is 1. The first-order valence-electron chi connectivity index (χ1n) is 6.57. The number of hydrogen-bond donors (Lipinski definition) is 2. The Labute approximate surface area is 130 Å². The van der Waals surface area contributed by atoms with E-state index in [4.69, 9.17) is 4.74 Å². The highest BCUT2D eigenvalue weighted by Crippen LogP contribution is 2.33. The van der Waals surface area contributed by atoms with Crippen LogP contribution in [0, 0.1) is 6.92 Å². The topological polar surface area (TPSA) is 81.1 Å². The van der Waals surface area contributed by atoms with E-state index < -0.39 is 0 Å². The highest BCUT2D eigenvalue weighted by atomic mass is 32.1. The number of carbonyl (C=O) groups is 1. The van der Waals surface area contributed by atoms with Gasteiger partial charge in [-0.2, -0.15) is 5.10 Å². The van der Waals surface area contributed by atoms with Crippen LogP contribution < -0.4 is 15.4 Å². The molecule has 0 bridgehead atoms. The molecule has 0 radical (unpaired) electrons. The molecule has 8 heteroatoms. The minimum absolute atomic E-state index is 0.355. The first-order valence-corrected chi connectivity index (χ1v) is 7.38. The third kappa shape index (κ3) is 2.86. The van der Waals surface area contributed by atoms with Crippen molar-refractivity contribution >= 4 is 39.0 Å². The Bertz CT molecular complexity index is 839. The van der Waals surface area contributed by atoms with Crippen LogP contribution in [0.15, 0.2) is 24.5 Å². The van der Waals surface area contributed by atoms with Crippen molar-refractivity contribution in [2.75, 3.05) is 17.7 Å². The van der Waals surface area contributed by atoms with Gasteiger partial charge < -0.3 is 15.4 Å². The number of hydrogen-bond acceptors (Lipinski definition) is 5. The number of amides is 2. The van der Waals surface area contributed by atoms with Gasteiger partial charge in [-0.3, -0.25) is 4.68 Å². The summed E-state index contributed by atoms with van der Waals surface area (Å²) >= 11 is 1.57. The minimum Gasteiger partial charge on any atom is -0.494 e. The molecule has 22 heavy (non-hydrogen) atoms. The lowest BCUT2D eigenvalue weighted by molar-refractivity contribution is 0.262. The number of fused-ring (bicyclic) bond motifs is 1. The largest absolute Gasteiger partial charge is 0.494 e. The van der Waals surface area contributed by atoms with E-state index in [1.165, 1.54) is 0 Å². The van der Waals surface area contributed by atoms with Gasteiger partial charge in [0.05, 0.1) is 39.9 Å². The fraction of sp³-hybridized carbons (Fsp3) is 0.214. The first-order chi connectivity index (χ1) is 10.5. The van der Waals surface area contributed by atoms with Crippen LogP contribution in [0.3, 0.4) is 0 Å². The van der Waals surface area contributed by atoms with Gasteiger partial charge in [-0.05, 0) is 13.0 Å². The average molecular weight is 317 g/mol. The minimum atomic E-state index is -0.355. The summed E-state index contributed by atoms with van der Waals surface area (Å²) in [5.41, 5.74) is 2.08. The third-order valence-corrected chi connectivity index (χ3v) is 3.96. The Kier molecular flexibility index (Phi) is 3.68. The first kappa shape index (κ1) is 14.3. The number of aryl methyl sites for hydroxylation is 2. The molecule has 3 aromatic rings. The molecule has 0 fully saturated rings. The van der Waals surface area contributed by atoms with E-state index in [9.17, 15) is 4.79 Å². The molecule has 114 valence electrons. The molecule has 0 unspecified atom stereocenters. The number of anilines is 2. The summed E-state index contributed by atoms with van der Waals surface area (Å²) in [6.45, 7) is 1.94. The zero-order valence-corrected chi connectivity index (χ0v) is 13.2. The number of ether oxygens (including phenoxy) is 1. The maximum absolute atomic E-state index is 12.1. The van der Waals surface area contributed by atoms with Gasteiger partial charge in [0, 0.05) is 19.3 Å². The molecule has 2 amide bonds. The number of nitrogens with one attached hydrogen (secondary N) is 2. The number of aromatic nitrogens is 3. The third-order valence-electron chi connectivity index (χ3n) is 3.03. The van der Waals surface area contributed by atoms with Crippen molar-refractivity contribution in [3.05, 3.63) is 29.5 Å². The van der Waals surface area contributed by atoms with E-state index in [1.54, 1.807) is 42.6 Å². The van der Waals surface area contributed by atoms with E-state index in [-0.39, 0.29) is 6.03 Å². The summed E-state index contributed by atoms with van der Waals surface area (Å²) in [6.07, 6.45) is 3.29. The molecule has 0 aliphatic carbocycles. The van der Waals surface area contributed by atoms with Crippen LogP contribution in [0.2, 0.25) is 0 Å². The van der Waals surface area contributed by atoms with Crippen LogP contribution in [0.25, 0.3) is 10.2 Å². The molecule has 0 atom stereocenters. The number of benzene rings is 1. The molecule has 2 aromatic heterocycles. The Hall–Kier alpha value is -2.61. The van der Waals surface area contributed by atoms with Gasteiger partial charge in [-0.25, -0.2) is 9.78 Å². The predicted octanol–water partition coefficient (Wildman–Crippen LogP) is 2.99. The molecule has 1 aromatic carbocycles. The quantitative estimate of drug-likeness (QED) is 0.778. The standard InChI is InChI=1S/C14H15N5O2S/c1-8-16-11-4-12(21-3)10(5-13(11)22-8)18-14(20)17-9-6-15-19(2)7-9/h4-7H,1-3H3,(H2,17,18,20).